The van der Waals surface area contributed by atoms with E-state index in [9.17, 15) is 9.59 Å². The lowest BCUT2D eigenvalue weighted by molar-refractivity contribution is -0.136. The molecule has 8 heteroatoms. The Morgan fingerprint density at radius 1 is 1.21 bits per heavy atom. The van der Waals surface area contributed by atoms with Crippen molar-refractivity contribution >= 4 is 17.6 Å². The standard InChI is InChI=1S/C20H29N5O3/c1-23(18-2-7-21-14-22-18)16-3-8-24(9-4-16)20(27)15-12-19(26)25(13-15)17-5-10-28-11-6-17/h2,7,14-17H,3-6,8-13H2,1H3. The Labute approximate surface area is 165 Å². The molecule has 0 aromatic carbocycles. The number of anilines is 1. The third kappa shape index (κ3) is 3.97. The van der Waals surface area contributed by atoms with Crippen LogP contribution in [0.3, 0.4) is 0 Å². The first-order valence-corrected chi connectivity index (χ1v) is 10.3. The number of carbonyl (C=O) groups excluding carboxylic acids is 2. The number of hydrogen-bond acceptors (Lipinski definition) is 6. The van der Waals surface area contributed by atoms with Gasteiger partial charge in [-0.3, -0.25) is 9.59 Å². The van der Waals surface area contributed by atoms with Gasteiger partial charge in [0.1, 0.15) is 12.1 Å². The molecular formula is C20H29N5O3. The van der Waals surface area contributed by atoms with Crippen LogP contribution in [0.25, 0.3) is 0 Å². The molecule has 8 nitrogen and oxygen atoms in total. The largest absolute Gasteiger partial charge is 0.381 e. The summed E-state index contributed by atoms with van der Waals surface area (Å²) in [6, 6.07) is 2.52. The average molecular weight is 387 g/mol. The number of amides is 2. The molecule has 1 atom stereocenters. The van der Waals surface area contributed by atoms with Gasteiger partial charge in [0.05, 0.1) is 5.92 Å². The van der Waals surface area contributed by atoms with Crippen molar-refractivity contribution in [3.05, 3.63) is 18.6 Å². The van der Waals surface area contributed by atoms with Crippen LogP contribution in [0.5, 0.6) is 0 Å². The highest BCUT2D eigenvalue weighted by atomic mass is 16.5. The number of aromatic nitrogens is 2. The molecule has 2 amide bonds. The molecule has 0 saturated carbocycles. The molecule has 0 spiro atoms. The minimum atomic E-state index is -0.188. The zero-order chi connectivity index (χ0) is 19.5. The summed E-state index contributed by atoms with van der Waals surface area (Å²) in [6.45, 7) is 3.46. The summed E-state index contributed by atoms with van der Waals surface area (Å²) in [5.41, 5.74) is 0. The number of likely N-dealkylation sites (tertiary alicyclic amines) is 2. The highest BCUT2D eigenvalue weighted by Crippen LogP contribution is 2.28. The molecule has 3 saturated heterocycles. The third-order valence-electron chi connectivity index (χ3n) is 6.39. The van der Waals surface area contributed by atoms with Gasteiger partial charge in [0.25, 0.3) is 0 Å². The first-order chi connectivity index (χ1) is 13.6. The van der Waals surface area contributed by atoms with Crippen molar-refractivity contribution in [2.75, 3.05) is 44.8 Å². The van der Waals surface area contributed by atoms with E-state index >= 15 is 0 Å². The Morgan fingerprint density at radius 2 is 1.96 bits per heavy atom. The molecule has 1 unspecified atom stereocenters. The van der Waals surface area contributed by atoms with Crippen molar-refractivity contribution in [2.45, 2.75) is 44.2 Å². The van der Waals surface area contributed by atoms with Gasteiger partial charge in [0, 0.05) is 64.6 Å². The van der Waals surface area contributed by atoms with Crippen LogP contribution in [-0.2, 0) is 14.3 Å². The molecule has 3 aliphatic rings. The zero-order valence-electron chi connectivity index (χ0n) is 16.5. The van der Waals surface area contributed by atoms with Crippen molar-refractivity contribution in [2.24, 2.45) is 5.92 Å². The van der Waals surface area contributed by atoms with E-state index in [4.69, 9.17) is 4.74 Å². The monoisotopic (exact) mass is 387 g/mol. The predicted octanol–water partition coefficient (Wildman–Crippen LogP) is 0.931. The van der Waals surface area contributed by atoms with Gasteiger partial charge in [-0.05, 0) is 31.7 Å². The summed E-state index contributed by atoms with van der Waals surface area (Å²) in [5.74, 6) is 0.995. The van der Waals surface area contributed by atoms with E-state index in [1.807, 2.05) is 22.9 Å². The van der Waals surface area contributed by atoms with Crippen LogP contribution in [0, 0.1) is 5.92 Å². The second kappa shape index (κ2) is 8.43. The third-order valence-corrected chi connectivity index (χ3v) is 6.39. The summed E-state index contributed by atoms with van der Waals surface area (Å²) >= 11 is 0. The summed E-state index contributed by atoms with van der Waals surface area (Å²) in [7, 11) is 2.05. The summed E-state index contributed by atoms with van der Waals surface area (Å²) < 4.78 is 5.40. The average Bonchev–Trinajstić information content (AvgIpc) is 3.15. The minimum absolute atomic E-state index is 0.128. The van der Waals surface area contributed by atoms with E-state index in [-0.39, 0.29) is 23.8 Å². The van der Waals surface area contributed by atoms with Crippen LogP contribution >= 0.6 is 0 Å². The van der Waals surface area contributed by atoms with E-state index in [0.29, 0.717) is 32.2 Å². The van der Waals surface area contributed by atoms with Gasteiger partial charge in [0.15, 0.2) is 0 Å². The summed E-state index contributed by atoms with van der Waals surface area (Å²) in [4.78, 5) is 39.8. The molecule has 1 aromatic heterocycles. The van der Waals surface area contributed by atoms with Gasteiger partial charge in [-0.15, -0.1) is 0 Å². The lowest BCUT2D eigenvalue weighted by Crippen LogP contribution is -2.48. The number of piperidine rings is 1. The molecule has 152 valence electrons. The number of rotatable bonds is 4. The maximum absolute atomic E-state index is 13.0. The van der Waals surface area contributed by atoms with E-state index in [1.165, 1.54) is 0 Å². The zero-order valence-corrected chi connectivity index (χ0v) is 16.5. The van der Waals surface area contributed by atoms with Crippen LogP contribution in [-0.4, -0.2) is 83.6 Å². The normalized spacial score (nSPS) is 24.6. The van der Waals surface area contributed by atoms with Crippen molar-refractivity contribution in [3.63, 3.8) is 0 Å². The van der Waals surface area contributed by atoms with E-state index in [1.54, 1.807) is 12.5 Å². The van der Waals surface area contributed by atoms with E-state index in [0.717, 1.165) is 44.6 Å². The molecule has 4 heterocycles. The number of ether oxygens (including phenoxy) is 1. The first kappa shape index (κ1) is 19.1. The first-order valence-electron chi connectivity index (χ1n) is 10.3. The second-order valence-corrected chi connectivity index (χ2v) is 8.03. The Kier molecular flexibility index (Phi) is 5.75. The fourth-order valence-electron chi connectivity index (χ4n) is 4.66. The quantitative estimate of drug-likeness (QED) is 0.765. The maximum Gasteiger partial charge on any atom is 0.227 e. The highest BCUT2D eigenvalue weighted by molar-refractivity contribution is 5.89. The van der Waals surface area contributed by atoms with Crippen LogP contribution in [0.4, 0.5) is 5.82 Å². The molecule has 1 aromatic rings. The molecule has 0 radical (unpaired) electrons. The molecular weight excluding hydrogens is 358 g/mol. The summed E-state index contributed by atoms with van der Waals surface area (Å²) in [5, 5.41) is 0. The lowest BCUT2D eigenvalue weighted by atomic mass is 10.0. The Hall–Kier alpha value is -2.22. The van der Waals surface area contributed by atoms with Gasteiger partial charge in [0.2, 0.25) is 11.8 Å². The fourth-order valence-corrected chi connectivity index (χ4v) is 4.66. The van der Waals surface area contributed by atoms with Crippen LogP contribution in [0.1, 0.15) is 32.1 Å². The predicted molar refractivity (Wildman–Crippen MR) is 104 cm³/mol. The van der Waals surface area contributed by atoms with Crippen molar-refractivity contribution in [1.29, 1.82) is 0 Å². The van der Waals surface area contributed by atoms with Gasteiger partial charge < -0.3 is 19.4 Å². The van der Waals surface area contributed by atoms with Crippen LogP contribution in [0.2, 0.25) is 0 Å². The fraction of sp³-hybridized carbons (Fsp3) is 0.700. The van der Waals surface area contributed by atoms with Crippen LogP contribution < -0.4 is 4.90 Å². The van der Waals surface area contributed by atoms with Crippen molar-refractivity contribution < 1.29 is 14.3 Å². The molecule has 28 heavy (non-hydrogen) atoms. The van der Waals surface area contributed by atoms with Gasteiger partial charge in [-0.2, -0.15) is 0 Å². The minimum Gasteiger partial charge on any atom is -0.381 e. The van der Waals surface area contributed by atoms with Crippen molar-refractivity contribution in [3.8, 4) is 0 Å². The summed E-state index contributed by atoms with van der Waals surface area (Å²) in [6.07, 6.45) is 7.26. The highest BCUT2D eigenvalue weighted by Gasteiger charge is 2.40. The lowest BCUT2D eigenvalue weighted by Gasteiger charge is -2.38. The van der Waals surface area contributed by atoms with Crippen LogP contribution in [0.15, 0.2) is 18.6 Å². The topological polar surface area (TPSA) is 78.9 Å². The molecule has 0 aliphatic carbocycles. The van der Waals surface area contributed by atoms with Gasteiger partial charge >= 0.3 is 0 Å². The SMILES string of the molecule is CN(c1ccncn1)C1CCN(C(=O)C2CC(=O)N(C3CCOCC3)C2)CC1. The van der Waals surface area contributed by atoms with E-state index in [2.05, 4.69) is 14.9 Å². The molecule has 3 aliphatic heterocycles. The molecule has 0 bridgehead atoms. The molecule has 4 rings (SSSR count). The second-order valence-electron chi connectivity index (χ2n) is 8.03. The van der Waals surface area contributed by atoms with E-state index < -0.39 is 0 Å². The molecule has 0 N–H and O–H groups in total. The Morgan fingerprint density at radius 3 is 2.64 bits per heavy atom. The van der Waals surface area contributed by atoms with Gasteiger partial charge in [-0.25, -0.2) is 9.97 Å². The number of carbonyl (C=O) groups is 2. The Bertz CT molecular complexity index is 686. The number of nitrogens with zero attached hydrogens (tertiary/aromatic N) is 5. The number of hydrogen-bond donors (Lipinski definition) is 0. The van der Waals surface area contributed by atoms with Crippen molar-refractivity contribution in [1.82, 2.24) is 19.8 Å². The maximum atomic E-state index is 13.0. The van der Waals surface area contributed by atoms with Gasteiger partial charge in [-0.1, -0.05) is 0 Å². The molecule has 3 fully saturated rings. The smallest absolute Gasteiger partial charge is 0.227 e. The Balaban J connectivity index is 1.30.